The van der Waals surface area contributed by atoms with Gasteiger partial charge >= 0.3 is 6.09 Å². The lowest BCUT2D eigenvalue weighted by molar-refractivity contribution is 0.0706. The lowest BCUT2D eigenvalue weighted by atomic mass is 10.0. The molecule has 2 N–H and O–H groups in total. The summed E-state index contributed by atoms with van der Waals surface area (Å²) in [6.45, 7) is 5.98. The van der Waals surface area contributed by atoms with Crippen LogP contribution in [-0.2, 0) is 4.74 Å². The molecule has 1 saturated heterocycles. The van der Waals surface area contributed by atoms with Gasteiger partial charge < -0.3 is 15.4 Å². The Morgan fingerprint density at radius 2 is 2.31 bits per heavy atom. The molecule has 1 aliphatic rings. The maximum atomic E-state index is 11.2. The van der Waals surface area contributed by atoms with E-state index in [4.69, 9.17) is 10.5 Å². The van der Waals surface area contributed by atoms with Crippen LogP contribution in [0.2, 0.25) is 0 Å². The fourth-order valence-electron chi connectivity index (χ4n) is 1.22. The van der Waals surface area contributed by atoms with Crippen LogP contribution >= 0.6 is 0 Å². The number of rotatable bonds is 3. The summed E-state index contributed by atoms with van der Waals surface area (Å²) in [5, 5.41) is 0. The molecule has 4 heteroatoms. The molecule has 0 radical (unpaired) electrons. The molecular weight excluding hydrogens is 168 g/mol. The Labute approximate surface area is 79.0 Å². The minimum atomic E-state index is -0.211. The SMILES string of the molecule is CC(C)(N)CCN1CCCOC1=O. The van der Waals surface area contributed by atoms with Crippen LogP contribution in [0.3, 0.4) is 0 Å². The summed E-state index contributed by atoms with van der Waals surface area (Å²) in [7, 11) is 0. The van der Waals surface area contributed by atoms with E-state index in [1.54, 1.807) is 4.90 Å². The number of carbonyl (C=O) groups is 1. The first-order valence-electron chi connectivity index (χ1n) is 4.70. The van der Waals surface area contributed by atoms with Crippen molar-refractivity contribution in [3.63, 3.8) is 0 Å². The van der Waals surface area contributed by atoms with Gasteiger partial charge in [0.25, 0.3) is 0 Å². The molecule has 0 aliphatic carbocycles. The molecule has 76 valence electrons. The number of nitrogens with two attached hydrogens (primary N) is 1. The van der Waals surface area contributed by atoms with E-state index in [9.17, 15) is 4.79 Å². The fraction of sp³-hybridized carbons (Fsp3) is 0.889. The fourth-order valence-corrected chi connectivity index (χ4v) is 1.22. The van der Waals surface area contributed by atoms with E-state index < -0.39 is 0 Å². The lowest BCUT2D eigenvalue weighted by Crippen LogP contribution is -2.42. The monoisotopic (exact) mass is 186 g/mol. The molecule has 1 heterocycles. The van der Waals surface area contributed by atoms with Gasteiger partial charge in [-0.05, 0) is 26.7 Å². The van der Waals surface area contributed by atoms with Crippen LogP contribution < -0.4 is 5.73 Å². The maximum Gasteiger partial charge on any atom is 0.409 e. The number of amides is 1. The van der Waals surface area contributed by atoms with Gasteiger partial charge in [-0.3, -0.25) is 0 Å². The molecule has 1 rings (SSSR count). The summed E-state index contributed by atoms with van der Waals surface area (Å²) >= 11 is 0. The number of carbonyl (C=O) groups excluding carboxylic acids is 1. The van der Waals surface area contributed by atoms with Crippen LogP contribution in [0, 0.1) is 0 Å². The van der Waals surface area contributed by atoms with E-state index in [0.717, 1.165) is 19.4 Å². The van der Waals surface area contributed by atoms with Gasteiger partial charge in [-0.15, -0.1) is 0 Å². The van der Waals surface area contributed by atoms with Crippen molar-refractivity contribution in [2.75, 3.05) is 19.7 Å². The zero-order valence-electron chi connectivity index (χ0n) is 8.38. The van der Waals surface area contributed by atoms with E-state index in [-0.39, 0.29) is 11.6 Å². The van der Waals surface area contributed by atoms with Crippen molar-refractivity contribution in [2.45, 2.75) is 32.2 Å². The van der Waals surface area contributed by atoms with Gasteiger partial charge in [0.05, 0.1) is 6.61 Å². The van der Waals surface area contributed by atoms with Gasteiger partial charge in [-0.2, -0.15) is 0 Å². The first kappa shape index (κ1) is 10.3. The Kier molecular flexibility index (Phi) is 3.14. The molecule has 13 heavy (non-hydrogen) atoms. The number of nitrogens with zero attached hydrogens (tertiary/aromatic N) is 1. The quantitative estimate of drug-likeness (QED) is 0.714. The van der Waals surface area contributed by atoms with Gasteiger partial charge in [0.15, 0.2) is 0 Å². The largest absolute Gasteiger partial charge is 0.449 e. The minimum absolute atomic E-state index is 0.199. The Morgan fingerprint density at radius 1 is 1.62 bits per heavy atom. The van der Waals surface area contributed by atoms with Crippen molar-refractivity contribution in [1.82, 2.24) is 4.90 Å². The Bertz CT molecular complexity index is 187. The first-order valence-corrected chi connectivity index (χ1v) is 4.70. The second kappa shape index (κ2) is 3.96. The summed E-state index contributed by atoms with van der Waals surface area (Å²) in [5.74, 6) is 0. The molecule has 1 aliphatic heterocycles. The summed E-state index contributed by atoms with van der Waals surface area (Å²) in [5.41, 5.74) is 5.61. The average molecular weight is 186 g/mol. The second-order valence-corrected chi connectivity index (χ2v) is 4.19. The number of hydrogen-bond donors (Lipinski definition) is 1. The normalized spacial score (nSPS) is 18.7. The number of ether oxygens (including phenoxy) is 1. The van der Waals surface area contributed by atoms with Crippen molar-refractivity contribution in [3.8, 4) is 0 Å². The molecule has 0 aromatic carbocycles. The standard InChI is InChI=1S/C9H18N2O2/c1-9(2,10)4-6-11-5-3-7-13-8(11)12/h3-7,10H2,1-2H3. The first-order chi connectivity index (χ1) is 5.99. The summed E-state index contributed by atoms with van der Waals surface area (Å²) in [6, 6.07) is 0. The van der Waals surface area contributed by atoms with E-state index >= 15 is 0 Å². The van der Waals surface area contributed by atoms with Crippen molar-refractivity contribution in [2.24, 2.45) is 5.73 Å². The third-order valence-electron chi connectivity index (χ3n) is 2.08. The average Bonchev–Trinajstić information content (AvgIpc) is 2.01. The Hall–Kier alpha value is -0.770. The highest BCUT2D eigenvalue weighted by molar-refractivity contribution is 5.68. The number of hydrogen-bond acceptors (Lipinski definition) is 3. The molecule has 1 fully saturated rings. The number of cyclic esters (lactones) is 1. The molecule has 4 nitrogen and oxygen atoms in total. The summed E-state index contributed by atoms with van der Waals surface area (Å²) in [6.07, 6.45) is 1.54. The van der Waals surface area contributed by atoms with Crippen LogP contribution in [0.5, 0.6) is 0 Å². The molecule has 0 aromatic heterocycles. The van der Waals surface area contributed by atoms with Crippen molar-refractivity contribution < 1.29 is 9.53 Å². The molecule has 0 atom stereocenters. The van der Waals surface area contributed by atoms with Gasteiger partial charge in [-0.1, -0.05) is 0 Å². The molecule has 0 saturated carbocycles. The van der Waals surface area contributed by atoms with Crippen molar-refractivity contribution >= 4 is 6.09 Å². The molecule has 0 unspecified atom stereocenters. The van der Waals surface area contributed by atoms with Gasteiger partial charge in [-0.25, -0.2) is 4.79 Å². The summed E-state index contributed by atoms with van der Waals surface area (Å²) in [4.78, 5) is 12.9. The van der Waals surface area contributed by atoms with Gasteiger partial charge in [0, 0.05) is 18.6 Å². The lowest BCUT2D eigenvalue weighted by Gasteiger charge is -2.29. The second-order valence-electron chi connectivity index (χ2n) is 4.19. The highest BCUT2D eigenvalue weighted by Gasteiger charge is 2.21. The smallest absolute Gasteiger partial charge is 0.409 e. The molecule has 1 amide bonds. The van der Waals surface area contributed by atoms with Crippen LogP contribution in [0.15, 0.2) is 0 Å². The van der Waals surface area contributed by atoms with Crippen LogP contribution in [0.25, 0.3) is 0 Å². The Morgan fingerprint density at radius 3 is 2.85 bits per heavy atom. The van der Waals surface area contributed by atoms with E-state index in [1.165, 1.54) is 0 Å². The highest BCUT2D eigenvalue weighted by Crippen LogP contribution is 2.09. The third kappa shape index (κ3) is 3.63. The minimum Gasteiger partial charge on any atom is -0.449 e. The highest BCUT2D eigenvalue weighted by atomic mass is 16.6. The molecule has 0 bridgehead atoms. The third-order valence-corrected chi connectivity index (χ3v) is 2.08. The predicted octanol–water partition coefficient (Wildman–Crippen LogP) is 0.956. The maximum absolute atomic E-state index is 11.2. The van der Waals surface area contributed by atoms with Gasteiger partial charge in [0.2, 0.25) is 0 Å². The topological polar surface area (TPSA) is 55.6 Å². The summed E-state index contributed by atoms with van der Waals surface area (Å²) < 4.78 is 4.90. The van der Waals surface area contributed by atoms with E-state index in [2.05, 4.69) is 0 Å². The zero-order valence-corrected chi connectivity index (χ0v) is 8.38. The zero-order chi connectivity index (χ0) is 9.90. The van der Waals surface area contributed by atoms with Gasteiger partial charge in [0.1, 0.15) is 0 Å². The molecular formula is C9H18N2O2. The van der Waals surface area contributed by atoms with E-state index in [1.807, 2.05) is 13.8 Å². The predicted molar refractivity (Wildman–Crippen MR) is 50.4 cm³/mol. The van der Waals surface area contributed by atoms with Crippen molar-refractivity contribution in [3.05, 3.63) is 0 Å². The molecule has 0 spiro atoms. The molecule has 0 aromatic rings. The van der Waals surface area contributed by atoms with Crippen LogP contribution in [-0.4, -0.2) is 36.2 Å². The van der Waals surface area contributed by atoms with E-state index in [0.29, 0.717) is 13.2 Å². The van der Waals surface area contributed by atoms with Crippen LogP contribution in [0.1, 0.15) is 26.7 Å². The van der Waals surface area contributed by atoms with Crippen LogP contribution in [0.4, 0.5) is 4.79 Å². The van der Waals surface area contributed by atoms with Crippen molar-refractivity contribution in [1.29, 1.82) is 0 Å². The Balaban J connectivity index is 2.31.